The van der Waals surface area contributed by atoms with E-state index in [1.165, 1.54) is 18.7 Å². The molecule has 7 heteroatoms. The number of aromatic nitrogens is 2. The van der Waals surface area contributed by atoms with Crippen LogP contribution in [0.4, 0.5) is 9.18 Å². The predicted molar refractivity (Wildman–Crippen MR) is 91.7 cm³/mol. The summed E-state index contributed by atoms with van der Waals surface area (Å²) in [6.45, 7) is 1.80. The molecular weight excluding hydrogens is 323 g/mol. The molecule has 2 aromatic rings. The Hall–Kier alpha value is -2.41. The highest BCUT2D eigenvalue weighted by molar-refractivity contribution is 5.74. The summed E-state index contributed by atoms with van der Waals surface area (Å²) in [7, 11) is 1.51. The zero-order chi connectivity index (χ0) is 17.8. The number of methoxy groups -OCH3 is 1. The average Bonchev–Trinajstić information content (AvgIpc) is 3.04. The molecule has 134 valence electrons. The van der Waals surface area contributed by atoms with Crippen LogP contribution in [0, 0.1) is 5.82 Å². The third-order valence-electron chi connectivity index (χ3n) is 4.63. The van der Waals surface area contributed by atoms with Gasteiger partial charge in [0.25, 0.3) is 0 Å². The van der Waals surface area contributed by atoms with Crippen LogP contribution in [-0.2, 0) is 17.6 Å². The first-order valence-electron chi connectivity index (χ1n) is 8.44. The number of aryl methyl sites for hydroxylation is 1. The first-order valence-corrected chi connectivity index (χ1v) is 8.44. The van der Waals surface area contributed by atoms with Crippen LogP contribution in [0.2, 0.25) is 0 Å². The molecule has 1 aromatic heterocycles. The molecule has 2 amide bonds. The number of urea groups is 1. The molecule has 3 atom stereocenters. The summed E-state index contributed by atoms with van der Waals surface area (Å²) in [5.41, 5.74) is 2.72. The van der Waals surface area contributed by atoms with E-state index in [2.05, 4.69) is 20.8 Å². The van der Waals surface area contributed by atoms with Gasteiger partial charge in [-0.1, -0.05) is 18.2 Å². The normalized spacial score (nSPS) is 18.9. The average molecular weight is 346 g/mol. The number of amides is 2. The van der Waals surface area contributed by atoms with Gasteiger partial charge in [-0.3, -0.25) is 5.10 Å². The van der Waals surface area contributed by atoms with Crippen molar-refractivity contribution in [2.75, 3.05) is 7.11 Å². The summed E-state index contributed by atoms with van der Waals surface area (Å²) < 4.78 is 19.4. The van der Waals surface area contributed by atoms with E-state index < -0.39 is 6.10 Å². The molecule has 0 spiro atoms. The van der Waals surface area contributed by atoms with Crippen molar-refractivity contribution in [3.8, 4) is 0 Å². The van der Waals surface area contributed by atoms with Crippen molar-refractivity contribution in [1.29, 1.82) is 0 Å². The molecule has 0 bridgehead atoms. The molecule has 0 saturated carbocycles. The molecule has 1 heterocycles. The number of hydrogen-bond acceptors (Lipinski definition) is 3. The fourth-order valence-electron chi connectivity index (χ4n) is 3.35. The highest BCUT2D eigenvalue weighted by Gasteiger charge is 2.25. The Morgan fingerprint density at radius 3 is 3.00 bits per heavy atom. The quantitative estimate of drug-likeness (QED) is 0.778. The molecule has 1 aliphatic rings. The van der Waals surface area contributed by atoms with Gasteiger partial charge >= 0.3 is 6.03 Å². The Morgan fingerprint density at radius 2 is 2.24 bits per heavy atom. The van der Waals surface area contributed by atoms with Crippen LogP contribution in [0.3, 0.4) is 0 Å². The summed E-state index contributed by atoms with van der Waals surface area (Å²) in [6, 6.07) is 5.82. The van der Waals surface area contributed by atoms with Gasteiger partial charge < -0.3 is 15.4 Å². The van der Waals surface area contributed by atoms with Crippen LogP contribution in [0.25, 0.3) is 0 Å². The summed E-state index contributed by atoms with van der Waals surface area (Å²) in [6.07, 6.45) is 3.78. The highest BCUT2D eigenvalue weighted by Crippen LogP contribution is 2.23. The second-order valence-corrected chi connectivity index (χ2v) is 6.40. The number of ether oxygens (including phenoxy) is 1. The van der Waals surface area contributed by atoms with Crippen molar-refractivity contribution in [3.63, 3.8) is 0 Å². The van der Waals surface area contributed by atoms with Crippen molar-refractivity contribution >= 4 is 6.03 Å². The Labute approximate surface area is 146 Å². The van der Waals surface area contributed by atoms with Gasteiger partial charge in [0.2, 0.25) is 0 Å². The molecule has 0 radical (unpaired) electrons. The van der Waals surface area contributed by atoms with E-state index in [1.807, 2.05) is 6.20 Å². The SMILES string of the molecule is CO[C@H](c1ccccc1F)[C@H](C)NC(=O)N[C@@H]1CCc2cn[nH]c2C1. The van der Waals surface area contributed by atoms with Crippen LogP contribution in [0.5, 0.6) is 0 Å². The molecule has 3 rings (SSSR count). The molecule has 0 fully saturated rings. The predicted octanol–water partition coefficient (Wildman–Crippen LogP) is 2.48. The van der Waals surface area contributed by atoms with E-state index in [1.54, 1.807) is 25.1 Å². The lowest BCUT2D eigenvalue weighted by molar-refractivity contribution is 0.0731. The van der Waals surface area contributed by atoms with Crippen molar-refractivity contribution in [1.82, 2.24) is 20.8 Å². The van der Waals surface area contributed by atoms with Crippen molar-refractivity contribution in [2.45, 2.75) is 44.4 Å². The number of nitrogens with zero attached hydrogens (tertiary/aromatic N) is 1. The van der Waals surface area contributed by atoms with Crippen molar-refractivity contribution in [3.05, 3.63) is 53.1 Å². The number of aromatic amines is 1. The molecule has 25 heavy (non-hydrogen) atoms. The lowest BCUT2D eigenvalue weighted by Crippen LogP contribution is -2.48. The third-order valence-corrected chi connectivity index (χ3v) is 4.63. The second kappa shape index (κ2) is 7.65. The lowest BCUT2D eigenvalue weighted by Gasteiger charge is -2.27. The van der Waals surface area contributed by atoms with E-state index in [0.29, 0.717) is 5.56 Å². The number of fused-ring (bicyclic) bond motifs is 1. The maximum absolute atomic E-state index is 14.0. The number of benzene rings is 1. The van der Waals surface area contributed by atoms with Crippen LogP contribution in [0.1, 0.15) is 36.3 Å². The summed E-state index contributed by atoms with van der Waals surface area (Å²) >= 11 is 0. The van der Waals surface area contributed by atoms with Crippen LogP contribution in [-0.4, -0.2) is 35.4 Å². The number of rotatable bonds is 5. The number of hydrogen-bond donors (Lipinski definition) is 3. The van der Waals surface area contributed by atoms with E-state index in [-0.39, 0.29) is 23.9 Å². The van der Waals surface area contributed by atoms with Crippen LogP contribution >= 0.6 is 0 Å². The summed E-state index contributed by atoms with van der Waals surface area (Å²) in [5, 5.41) is 12.8. The number of carbonyl (C=O) groups excluding carboxylic acids is 1. The smallest absolute Gasteiger partial charge is 0.315 e. The van der Waals surface area contributed by atoms with E-state index in [4.69, 9.17) is 4.74 Å². The molecular formula is C18H23FN4O2. The van der Waals surface area contributed by atoms with Gasteiger partial charge in [0.05, 0.1) is 12.2 Å². The van der Waals surface area contributed by atoms with Gasteiger partial charge in [0.15, 0.2) is 0 Å². The van der Waals surface area contributed by atoms with Gasteiger partial charge in [-0.15, -0.1) is 0 Å². The van der Waals surface area contributed by atoms with Crippen LogP contribution in [0.15, 0.2) is 30.5 Å². The fraction of sp³-hybridized carbons (Fsp3) is 0.444. The zero-order valence-corrected chi connectivity index (χ0v) is 14.4. The number of H-pyrrole nitrogens is 1. The first kappa shape index (κ1) is 17.4. The van der Waals surface area contributed by atoms with E-state index in [9.17, 15) is 9.18 Å². The van der Waals surface area contributed by atoms with Gasteiger partial charge in [-0.05, 0) is 31.4 Å². The number of carbonyl (C=O) groups is 1. The Balaban J connectivity index is 1.58. The van der Waals surface area contributed by atoms with Gasteiger partial charge in [0.1, 0.15) is 11.9 Å². The molecule has 6 nitrogen and oxygen atoms in total. The molecule has 1 aliphatic carbocycles. The van der Waals surface area contributed by atoms with Gasteiger partial charge in [-0.25, -0.2) is 9.18 Å². The van der Waals surface area contributed by atoms with E-state index in [0.717, 1.165) is 25.0 Å². The number of halogens is 1. The largest absolute Gasteiger partial charge is 0.375 e. The van der Waals surface area contributed by atoms with Gasteiger partial charge in [0, 0.05) is 30.8 Å². The third kappa shape index (κ3) is 3.99. The summed E-state index contributed by atoms with van der Waals surface area (Å²) in [4.78, 5) is 12.3. The Kier molecular flexibility index (Phi) is 5.33. The van der Waals surface area contributed by atoms with Crippen molar-refractivity contribution in [2.24, 2.45) is 0 Å². The Morgan fingerprint density at radius 1 is 1.44 bits per heavy atom. The van der Waals surface area contributed by atoms with E-state index >= 15 is 0 Å². The monoisotopic (exact) mass is 346 g/mol. The zero-order valence-electron chi connectivity index (χ0n) is 14.4. The second-order valence-electron chi connectivity index (χ2n) is 6.40. The number of nitrogens with one attached hydrogen (secondary N) is 3. The topological polar surface area (TPSA) is 79.0 Å². The molecule has 0 saturated heterocycles. The van der Waals surface area contributed by atoms with Gasteiger partial charge in [-0.2, -0.15) is 5.10 Å². The summed E-state index contributed by atoms with van der Waals surface area (Å²) in [5.74, 6) is -0.345. The first-order chi connectivity index (χ1) is 12.1. The molecule has 1 aromatic carbocycles. The maximum atomic E-state index is 14.0. The fourth-order valence-corrected chi connectivity index (χ4v) is 3.35. The molecule has 0 unspecified atom stereocenters. The van der Waals surface area contributed by atoms with Crippen molar-refractivity contribution < 1.29 is 13.9 Å². The highest BCUT2D eigenvalue weighted by atomic mass is 19.1. The maximum Gasteiger partial charge on any atom is 0.315 e. The Bertz CT molecular complexity index is 733. The minimum absolute atomic E-state index is 0.0506. The minimum Gasteiger partial charge on any atom is -0.375 e. The molecule has 3 N–H and O–H groups in total. The standard InChI is InChI=1S/C18H23FN4O2/c1-11(17(25-2)14-5-3-4-6-15(14)19)21-18(24)22-13-8-7-12-10-20-23-16(12)9-13/h3-6,10-11,13,17H,7-9H2,1-2H3,(H,20,23)(H2,21,22,24)/t11-,13+,17-/m0/s1. The van der Waals surface area contributed by atoms with Crippen LogP contribution < -0.4 is 10.6 Å². The minimum atomic E-state index is -0.558. The molecule has 0 aliphatic heterocycles. The lowest BCUT2D eigenvalue weighted by atomic mass is 9.94.